The molecule has 0 heterocycles. The molecule has 1 N–H and O–H groups in total. The average Bonchev–Trinajstić information content (AvgIpc) is 1.38. The van der Waals surface area contributed by atoms with E-state index >= 15 is 0 Å². The van der Waals surface area contributed by atoms with Crippen molar-refractivity contribution in [2.45, 2.75) is 13.3 Å². The molecule has 0 aliphatic carbocycles. The second kappa shape index (κ2) is 6.05. The maximum Gasteiger partial charge on any atom is 0.0484 e. The molecule has 0 atom stereocenters. The standard InChI is InChI=1S/C3H7NO.Eu/c1-2-3(4)5;/h2H2,1H3,(H2,4,5);/p-1. The van der Waals surface area contributed by atoms with Crippen LogP contribution in [0.2, 0.25) is 0 Å². The first-order chi connectivity index (χ1) is 2.27. The van der Waals surface area contributed by atoms with Crippen molar-refractivity contribution in [1.82, 2.24) is 0 Å². The Labute approximate surface area is 78.0 Å². The summed E-state index contributed by atoms with van der Waals surface area (Å²) in [6, 6.07) is 0. The summed E-state index contributed by atoms with van der Waals surface area (Å²) in [5.41, 5.74) is 6.19. The van der Waals surface area contributed by atoms with Gasteiger partial charge < -0.3 is 10.5 Å². The summed E-state index contributed by atoms with van der Waals surface area (Å²) in [5.74, 6) is -0.495. The minimum atomic E-state index is -0.495. The Hall–Kier alpha value is 1.05. The summed E-state index contributed by atoms with van der Waals surface area (Å²) in [6.45, 7) is 1.66. The van der Waals surface area contributed by atoms with E-state index < -0.39 is 5.91 Å². The second-order valence-corrected chi connectivity index (χ2v) is 0.777. The molecule has 0 fully saturated rings. The minimum absolute atomic E-state index is 0. The molecule has 0 saturated heterocycles. The van der Waals surface area contributed by atoms with Gasteiger partial charge in [-0.2, -0.15) is 0 Å². The zero-order valence-corrected chi connectivity index (χ0v) is 5.92. The van der Waals surface area contributed by atoms with Gasteiger partial charge in [-0.1, -0.05) is 6.92 Å². The third-order valence-corrected chi connectivity index (χ3v) is 0.321. The molecule has 0 aliphatic heterocycles. The molecule has 2 nitrogen and oxygen atoms in total. The number of amides is 1. The van der Waals surface area contributed by atoms with E-state index in [9.17, 15) is 4.79 Å². The fourth-order valence-electron chi connectivity index (χ4n) is 0. The predicted octanol–water partition coefficient (Wildman–Crippen LogP) is 0.975. The monoisotopic (exact) mass is 225 g/mol. The van der Waals surface area contributed by atoms with E-state index in [1.54, 1.807) is 6.92 Å². The van der Waals surface area contributed by atoms with E-state index in [-0.39, 0.29) is 49.4 Å². The number of nitrogens with one attached hydrogen (secondary N) is 1. The molecule has 0 aromatic rings. The maximum atomic E-state index is 9.48. The van der Waals surface area contributed by atoms with Crippen LogP contribution in [0.1, 0.15) is 13.3 Å². The van der Waals surface area contributed by atoms with Gasteiger partial charge in [-0.25, -0.2) is 0 Å². The van der Waals surface area contributed by atoms with Gasteiger partial charge in [-0.15, -0.1) is 0 Å². The van der Waals surface area contributed by atoms with E-state index in [0.717, 1.165) is 0 Å². The second-order valence-electron chi connectivity index (χ2n) is 0.777. The van der Waals surface area contributed by atoms with E-state index in [1.165, 1.54) is 0 Å². The average molecular weight is 224 g/mol. The normalized spacial score (nSPS) is 6.17. The van der Waals surface area contributed by atoms with Crippen molar-refractivity contribution in [3.63, 3.8) is 0 Å². The van der Waals surface area contributed by atoms with E-state index in [4.69, 9.17) is 5.73 Å². The number of hydrogen-bond acceptors (Lipinski definition) is 1. The van der Waals surface area contributed by atoms with Crippen LogP contribution < -0.4 is 0 Å². The molecule has 0 spiro atoms. The van der Waals surface area contributed by atoms with Gasteiger partial charge in [-0.05, 0) is 6.42 Å². The van der Waals surface area contributed by atoms with Gasteiger partial charge in [0, 0.05) is 55.3 Å². The molecular formula is C3H6EuNO-. The minimum Gasteiger partial charge on any atom is -0.668 e. The largest absolute Gasteiger partial charge is 0.668 e. The van der Waals surface area contributed by atoms with Gasteiger partial charge in [0.2, 0.25) is 0 Å². The van der Waals surface area contributed by atoms with Crippen LogP contribution in [0.3, 0.4) is 0 Å². The maximum absolute atomic E-state index is 9.48. The quantitative estimate of drug-likeness (QED) is 0.654. The van der Waals surface area contributed by atoms with E-state index in [1.807, 2.05) is 0 Å². The molecule has 0 saturated carbocycles. The smallest absolute Gasteiger partial charge is 0.0484 e. The molecule has 0 aromatic heterocycles. The number of carbonyl (C=O) groups is 1. The van der Waals surface area contributed by atoms with Gasteiger partial charge >= 0.3 is 0 Å². The van der Waals surface area contributed by atoms with Crippen molar-refractivity contribution in [2.24, 2.45) is 0 Å². The topological polar surface area (TPSA) is 40.9 Å². The molecule has 37 valence electrons. The van der Waals surface area contributed by atoms with Crippen LogP contribution in [0.25, 0.3) is 5.73 Å². The predicted molar refractivity (Wildman–Crippen MR) is 19.6 cm³/mol. The number of rotatable bonds is 1. The Balaban J connectivity index is 0. The Morgan fingerprint density at radius 3 is 2.00 bits per heavy atom. The SMILES string of the molecule is CCC([NH-])=O.[Eu]. The van der Waals surface area contributed by atoms with Crippen molar-refractivity contribution >= 4 is 5.91 Å². The van der Waals surface area contributed by atoms with Crippen molar-refractivity contribution in [2.75, 3.05) is 0 Å². The van der Waals surface area contributed by atoms with Gasteiger partial charge in [-0.3, -0.25) is 0 Å². The van der Waals surface area contributed by atoms with Crippen molar-refractivity contribution in [3.8, 4) is 0 Å². The van der Waals surface area contributed by atoms with Crippen LogP contribution in [0.4, 0.5) is 0 Å². The zero-order chi connectivity index (χ0) is 4.28. The molecule has 0 unspecified atom stereocenters. The molecule has 6 heavy (non-hydrogen) atoms. The summed E-state index contributed by atoms with van der Waals surface area (Å²) in [7, 11) is 0. The van der Waals surface area contributed by atoms with Crippen LogP contribution in [0.5, 0.6) is 0 Å². The first-order valence-electron chi connectivity index (χ1n) is 1.51. The summed E-state index contributed by atoms with van der Waals surface area (Å²) >= 11 is 0. The summed E-state index contributed by atoms with van der Waals surface area (Å²) < 4.78 is 0. The molecule has 1 radical (unpaired) electrons. The van der Waals surface area contributed by atoms with Gasteiger partial charge in [0.25, 0.3) is 0 Å². The first kappa shape index (κ1) is 10.1. The number of hydrogen-bond donors (Lipinski definition) is 0. The Morgan fingerprint density at radius 1 is 1.83 bits per heavy atom. The molecule has 1 amide bonds. The molecule has 0 rings (SSSR count). The van der Waals surface area contributed by atoms with Crippen molar-refractivity contribution in [1.29, 1.82) is 0 Å². The third-order valence-electron chi connectivity index (χ3n) is 0.321. The van der Waals surface area contributed by atoms with Crippen LogP contribution in [0.15, 0.2) is 0 Å². The third kappa shape index (κ3) is 8.91. The summed E-state index contributed by atoms with van der Waals surface area (Å²) in [6.07, 6.45) is 0.333. The van der Waals surface area contributed by atoms with Crippen LogP contribution in [-0.4, -0.2) is 5.91 Å². The molecule has 0 aromatic carbocycles. The summed E-state index contributed by atoms with van der Waals surface area (Å²) in [4.78, 5) is 9.48. The first-order valence-corrected chi connectivity index (χ1v) is 1.51. The van der Waals surface area contributed by atoms with Gasteiger partial charge in [0.05, 0.1) is 0 Å². The Kier molecular flexibility index (Phi) is 10.2. The van der Waals surface area contributed by atoms with Crippen LogP contribution >= 0.6 is 0 Å². The molecule has 0 aliphatic rings. The Morgan fingerprint density at radius 2 is 2.00 bits per heavy atom. The molecule has 0 bridgehead atoms. The molecule has 3 heteroatoms. The van der Waals surface area contributed by atoms with Crippen LogP contribution in [-0.2, 0) is 4.79 Å². The van der Waals surface area contributed by atoms with Gasteiger partial charge in [0.15, 0.2) is 0 Å². The van der Waals surface area contributed by atoms with Crippen molar-refractivity contribution < 1.29 is 54.2 Å². The Bertz CT molecular complexity index is 46.1. The fraction of sp³-hybridized carbons (Fsp3) is 0.667. The van der Waals surface area contributed by atoms with Gasteiger partial charge in [0.1, 0.15) is 0 Å². The van der Waals surface area contributed by atoms with E-state index in [2.05, 4.69) is 0 Å². The number of carbonyl (C=O) groups excluding carboxylic acids is 1. The van der Waals surface area contributed by atoms with Crippen molar-refractivity contribution in [3.05, 3.63) is 5.73 Å². The van der Waals surface area contributed by atoms with Crippen LogP contribution in [0, 0.1) is 49.4 Å². The molecular weight excluding hydrogens is 218 g/mol. The summed E-state index contributed by atoms with van der Waals surface area (Å²) in [5, 5.41) is 0. The fourth-order valence-corrected chi connectivity index (χ4v) is 0. The van der Waals surface area contributed by atoms with E-state index in [0.29, 0.717) is 6.42 Å². The zero-order valence-electron chi connectivity index (χ0n) is 3.49.